The summed E-state index contributed by atoms with van der Waals surface area (Å²) in [6.45, 7) is 1.63. The van der Waals surface area contributed by atoms with Gasteiger partial charge in [0.05, 0.1) is 35.5 Å². The third-order valence-electron chi connectivity index (χ3n) is 6.31. The molecule has 2 N–H and O–H groups in total. The molecule has 10 heteroatoms. The Kier molecular flexibility index (Phi) is 7.33. The largest absolute Gasteiger partial charge is 0.497 e. The molecule has 0 radical (unpaired) electrons. The third kappa shape index (κ3) is 5.70. The summed E-state index contributed by atoms with van der Waals surface area (Å²) in [6, 6.07) is 20.1. The zero-order chi connectivity index (χ0) is 28.3. The number of hydrogen-bond donors (Lipinski definition) is 2. The summed E-state index contributed by atoms with van der Waals surface area (Å²) >= 11 is 0. The average molecular weight is 544 g/mol. The quantitative estimate of drug-likeness (QED) is 0.231. The molecule has 3 aromatic carbocycles. The minimum absolute atomic E-state index is 0.291. The van der Waals surface area contributed by atoms with E-state index in [0.29, 0.717) is 50.7 Å². The maximum atomic E-state index is 13.3. The van der Waals surface area contributed by atoms with Crippen molar-refractivity contribution in [3.63, 3.8) is 0 Å². The number of anilines is 2. The fourth-order valence-electron chi connectivity index (χ4n) is 4.21. The Balaban J connectivity index is 1.49. The number of methoxy groups -OCH3 is 1. The zero-order valence-electron chi connectivity index (χ0n) is 21.5. The highest BCUT2D eigenvalue weighted by Crippen LogP contribution is 2.32. The number of rotatable bonds is 7. The second-order valence-electron chi connectivity index (χ2n) is 9.01. The lowest BCUT2D eigenvalue weighted by atomic mass is 10.0. The molecule has 0 saturated heterocycles. The van der Waals surface area contributed by atoms with E-state index in [1.165, 1.54) is 6.07 Å². The molecule has 202 valence electrons. The number of aromatic nitrogens is 3. The van der Waals surface area contributed by atoms with Crippen molar-refractivity contribution in [1.29, 1.82) is 0 Å². The van der Waals surface area contributed by atoms with Crippen LogP contribution in [-0.2, 0) is 6.18 Å². The van der Waals surface area contributed by atoms with Crippen molar-refractivity contribution in [2.75, 3.05) is 12.4 Å². The predicted octanol–water partition coefficient (Wildman–Crippen LogP) is 6.95. The van der Waals surface area contributed by atoms with Crippen LogP contribution in [0.3, 0.4) is 0 Å². The van der Waals surface area contributed by atoms with Gasteiger partial charge in [0.2, 0.25) is 0 Å². The van der Waals surface area contributed by atoms with E-state index in [4.69, 9.17) is 9.72 Å². The molecule has 0 fully saturated rings. The van der Waals surface area contributed by atoms with Crippen LogP contribution < -0.4 is 15.4 Å². The molecular weight excluding hydrogens is 519 g/mol. The maximum absolute atomic E-state index is 13.3. The fraction of sp³-hybridized carbons (Fsp3) is 0.133. The van der Waals surface area contributed by atoms with Crippen LogP contribution in [0.2, 0.25) is 0 Å². The molecule has 1 atom stereocenters. The zero-order valence-corrected chi connectivity index (χ0v) is 21.5. The number of carbonyl (C=O) groups excluding carboxylic acids is 1. The Hall–Kier alpha value is -4.99. The van der Waals surface area contributed by atoms with Crippen LogP contribution in [-0.4, -0.2) is 28.0 Å². The summed E-state index contributed by atoms with van der Waals surface area (Å²) in [4.78, 5) is 26.9. The van der Waals surface area contributed by atoms with Gasteiger partial charge in [0.15, 0.2) is 5.82 Å². The maximum Gasteiger partial charge on any atom is 0.416 e. The standard InChI is InChI=1S/C30H24F3N5O2/c1-18(19-7-5-9-21(15-19)30(31,32)33)35-29(39)23-10-3-4-11-25(23)37-28-24-16-22(40-2)12-13-26(24)36-27(38-28)20-8-6-14-34-17-20/h3-18H,1-2H3,(H,35,39)(H,36,37,38). The van der Waals surface area contributed by atoms with Gasteiger partial charge in [-0.1, -0.05) is 24.3 Å². The smallest absolute Gasteiger partial charge is 0.416 e. The molecule has 0 spiro atoms. The summed E-state index contributed by atoms with van der Waals surface area (Å²) < 4.78 is 45.0. The summed E-state index contributed by atoms with van der Waals surface area (Å²) in [5, 5.41) is 6.73. The van der Waals surface area contributed by atoms with Crippen molar-refractivity contribution in [1.82, 2.24) is 20.3 Å². The highest BCUT2D eigenvalue weighted by Gasteiger charge is 2.31. The first-order valence-corrected chi connectivity index (χ1v) is 12.3. The molecule has 0 aliphatic carbocycles. The van der Waals surface area contributed by atoms with Crippen LogP contribution in [0.15, 0.2) is 91.3 Å². The van der Waals surface area contributed by atoms with Crippen molar-refractivity contribution in [2.24, 2.45) is 0 Å². The second-order valence-corrected chi connectivity index (χ2v) is 9.01. The number of para-hydroxylation sites is 1. The molecular formula is C30H24F3N5O2. The van der Waals surface area contributed by atoms with Gasteiger partial charge in [-0.15, -0.1) is 0 Å². The van der Waals surface area contributed by atoms with Crippen molar-refractivity contribution in [3.8, 4) is 17.1 Å². The lowest BCUT2D eigenvalue weighted by Crippen LogP contribution is -2.27. The Morgan fingerprint density at radius 2 is 1.77 bits per heavy atom. The van der Waals surface area contributed by atoms with E-state index < -0.39 is 23.7 Å². The number of nitrogens with one attached hydrogen (secondary N) is 2. The van der Waals surface area contributed by atoms with Gasteiger partial charge in [-0.05, 0) is 67.1 Å². The van der Waals surface area contributed by atoms with Crippen LogP contribution >= 0.6 is 0 Å². The molecule has 0 aliphatic rings. The van der Waals surface area contributed by atoms with E-state index in [9.17, 15) is 18.0 Å². The molecule has 5 aromatic rings. The summed E-state index contributed by atoms with van der Waals surface area (Å²) in [5.74, 6) is 1.02. The van der Waals surface area contributed by atoms with Crippen LogP contribution in [0.25, 0.3) is 22.3 Å². The Morgan fingerprint density at radius 1 is 0.950 bits per heavy atom. The first-order chi connectivity index (χ1) is 19.2. The molecule has 2 aromatic heterocycles. The lowest BCUT2D eigenvalue weighted by Gasteiger charge is -2.18. The monoisotopic (exact) mass is 543 g/mol. The number of nitrogens with zero attached hydrogens (tertiary/aromatic N) is 3. The second kappa shape index (κ2) is 11.0. The van der Waals surface area contributed by atoms with E-state index in [0.717, 1.165) is 12.1 Å². The van der Waals surface area contributed by atoms with E-state index in [1.54, 1.807) is 75.0 Å². The molecule has 2 heterocycles. The molecule has 1 amide bonds. The van der Waals surface area contributed by atoms with Crippen LogP contribution in [0, 0.1) is 0 Å². The normalized spacial score (nSPS) is 12.1. The number of ether oxygens (including phenoxy) is 1. The van der Waals surface area contributed by atoms with Crippen molar-refractivity contribution in [2.45, 2.75) is 19.1 Å². The molecule has 0 saturated carbocycles. The summed E-state index contributed by atoms with van der Waals surface area (Å²) in [7, 11) is 1.56. The van der Waals surface area contributed by atoms with E-state index >= 15 is 0 Å². The van der Waals surface area contributed by atoms with E-state index in [1.807, 2.05) is 12.1 Å². The number of hydrogen-bond acceptors (Lipinski definition) is 6. The molecule has 40 heavy (non-hydrogen) atoms. The summed E-state index contributed by atoms with van der Waals surface area (Å²) in [5.41, 5.74) is 1.67. The predicted molar refractivity (Wildman–Crippen MR) is 146 cm³/mol. The molecule has 0 aliphatic heterocycles. The first-order valence-electron chi connectivity index (χ1n) is 12.3. The van der Waals surface area contributed by atoms with Gasteiger partial charge >= 0.3 is 6.18 Å². The van der Waals surface area contributed by atoms with Gasteiger partial charge in [-0.25, -0.2) is 9.97 Å². The highest BCUT2D eigenvalue weighted by atomic mass is 19.4. The number of amides is 1. The lowest BCUT2D eigenvalue weighted by molar-refractivity contribution is -0.137. The van der Waals surface area contributed by atoms with Gasteiger partial charge in [0.25, 0.3) is 5.91 Å². The Labute approximate surface area is 228 Å². The van der Waals surface area contributed by atoms with Gasteiger partial charge < -0.3 is 15.4 Å². The van der Waals surface area contributed by atoms with E-state index in [-0.39, 0.29) is 0 Å². The number of fused-ring (bicyclic) bond motifs is 1. The third-order valence-corrected chi connectivity index (χ3v) is 6.31. The number of alkyl halides is 3. The van der Waals surface area contributed by atoms with Crippen LogP contribution in [0.4, 0.5) is 24.7 Å². The number of carbonyl (C=O) groups is 1. The van der Waals surface area contributed by atoms with Crippen molar-refractivity contribution < 1.29 is 22.7 Å². The first kappa shape index (κ1) is 26.6. The SMILES string of the molecule is COc1ccc2nc(-c3cccnc3)nc(Nc3ccccc3C(=O)NC(C)c3cccc(C(F)(F)F)c3)c2c1. The average Bonchev–Trinajstić information content (AvgIpc) is 2.97. The highest BCUT2D eigenvalue weighted by molar-refractivity contribution is 6.02. The minimum Gasteiger partial charge on any atom is -0.497 e. The Morgan fingerprint density at radius 3 is 2.52 bits per heavy atom. The topological polar surface area (TPSA) is 89.0 Å². The summed E-state index contributed by atoms with van der Waals surface area (Å²) in [6.07, 6.45) is -1.16. The molecule has 7 nitrogen and oxygen atoms in total. The van der Waals surface area contributed by atoms with Crippen molar-refractivity contribution >= 4 is 28.3 Å². The Bertz CT molecular complexity index is 1680. The fourth-order valence-corrected chi connectivity index (χ4v) is 4.21. The van der Waals surface area contributed by atoms with Gasteiger partial charge in [0, 0.05) is 23.3 Å². The van der Waals surface area contributed by atoms with Crippen LogP contribution in [0.1, 0.15) is 34.5 Å². The number of pyridine rings is 1. The minimum atomic E-state index is -4.48. The number of benzene rings is 3. The molecule has 5 rings (SSSR count). The van der Waals surface area contributed by atoms with Gasteiger partial charge in [-0.3, -0.25) is 9.78 Å². The van der Waals surface area contributed by atoms with Crippen molar-refractivity contribution in [3.05, 3.63) is 108 Å². The van der Waals surface area contributed by atoms with E-state index in [2.05, 4.69) is 20.6 Å². The van der Waals surface area contributed by atoms with Crippen LogP contribution in [0.5, 0.6) is 5.75 Å². The molecule has 1 unspecified atom stereocenters. The molecule has 0 bridgehead atoms. The van der Waals surface area contributed by atoms with Gasteiger partial charge in [0.1, 0.15) is 11.6 Å². The van der Waals surface area contributed by atoms with Gasteiger partial charge in [-0.2, -0.15) is 13.2 Å². The number of halogens is 3.